The summed E-state index contributed by atoms with van der Waals surface area (Å²) in [6.07, 6.45) is 3.00. The summed E-state index contributed by atoms with van der Waals surface area (Å²) in [6, 6.07) is 10.0. The number of ether oxygens (including phenoxy) is 1. The molecule has 1 aromatic carbocycles. The second-order valence-electron chi connectivity index (χ2n) is 7.85. The van der Waals surface area contributed by atoms with E-state index in [-0.39, 0.29) is 23.7 Å². The van der Waals surface area contributed by atoms with Crippen molar-refractivity contribution in [2.24, 2.45) is 11.8 Å². The van der Waals surface area contributed by atoms with Gasteiger partial charge in [0.15, 0.2) is 0 Å². The fourth-order valence-corrected chi connectivity index (χ4v) is 3.35. The molecule has 1 saturated carbocycles. The molecule has 24 heavy (non-hydrogen) atoms. The summed E-state index contributed by atoms with van der Waals surface area (Å²) in [7, 11) is 1.86. The Morgan fingerprint density at radius 1 is 1.17 bits per heavy atom. The Hall–Kier alpha value is -1.84. The molecule has 4 nitrogen and oxygen atoms in total. The molecule has 0 aromatic heterocycles. The van der Waals surface area contributed by atoms with Gasteiger partial charge in [0.1, 0.15) is 5.60 Å². The lowest BCUT2D eigenvalue weighted by Gasteiger charge is -2.22. The summed E-state index contributed by atoms with van der Waals surface area (Å²) in [4.78, 5) is 26.4. The fourth-order valence-electron chi connectivity index (χ4n) is 3.35. The van der Waals surface area contributed by atoms with Gasteiger partial charge in [0.05, 0.1) is 0 Å². The van der Waals surface area contributed by atoms with Crippen molar-refractivity contribution in [3.63, 3.8) is 0 Å². The lowest BCUT2D eigenvalue weighted by Crippen LogP contribution is -2.31. The molecule has 0 N–H and O–H groups in total. The summed E-state index contributed by atoms with van der Waals surface area (Å²) < 4.78 is 5.39. The molecule has 1 fully saturated rings. The van der Waals surface area contributed by atoms with Crippen LogP contribution < -0.4 is 0 Å². The average molecular weight is 331 g/mol. The highest BCUT2D eigenvalue weighted by Gasteiger charge is 2.33. The van der Waals surface area contributed by atoms with Crippen LogP contribution in [0.4, 0.5) is 0 Å². The zero-order chi connectivity index (χ0) is 17.7. The lowest BCUT2D eigenvalue weighted by atomic mass is 10.0. The minimum Gasteiger partial charge on any atom is -0.460 e. The Morgan fingerprint density at radius 2 is 1.83 bits per heavy atom. The number of carbonyl (C=O) groups excluding carboxylic acids is 2. The van der Waals surface area contributed by atoms with Gasteiger partial charge in [-0.05, 0) is 51.5 Å². The first-order valence-corrected chi connectivity index (χ1v) is 8.75. The molecule has 0 spiro atoms. The summed E-state index contributed by atoms with van der Waals surface area (Å²) in [6.45, 7) is 6.27. The van der Waals surface area contributed by atoms with Gasteiger partial charge < -0.3 is 9.64 Å². The van der Waals surface area contributed by atoms with E-state index in [1.54, 1.807) is 4.90 Å². The van der Waals surface area contributed by atoms with Crippen molar-refractivity contribution in [2.45, 2.75) is 58.6 Å². The maximum atomic E-state index is 12.6. The fraction of sp³-hybridized carbons (Fsp3) is 0.600. The Balaban J connectivity index is 1.81. The molecule has 1 amide bonds. The smallest absolute Gasteiger partial charge is 0.306 e. The van der Waals surface area contributed by atoms with Crippen LogP contribution in [-0.2, 0) is 20.9 Å². The molecule has 1 aromatic rings. The van der Waals surface area contributed by atoms with E-state index >= 15 is 0 Å². The number of hydrogen-bond donors (Lipinski definition) is 0. The van der Waals surface area contributed by atoms with Crippen LogP contribution in [0, 0.1) is 11.8 Å². The van der Waals surface area contributed by atoms with Crippen molar-refractivity contribution >= 4 is 11.9 Å². The quantitative estimate of drug-likeness (QED) is 0.771. The third-order valence-corrected chi connectivity index (χ3v) is 4.40. The summed E-state index contributed by atoms with van der Waals surface area (Å²) >= 11 is 0. The molecule has 0 heterocycles. The molecule has 4 heteroatoms. The van der Waals surface area contributed by atoms with E-state index in [0.717, 1.165) is 24.8 Å². The van der Waals surface area contributed by atoms with E-state index in [2.05, 4.69) is 0 Å². The minimum absolute atomic E-state index is 0.0335. The van der Waals surface area contributed by atoms with E-state index < -0.39 is 5.60 Å². The predicted molar refractivity (Wildman–Crippen MR) is 94.2 cm³/mol. The second-order valence-corrected chi connectivity index (χ2v) is 7.85. The van der Waals surface area contributed by atoms with Crippen LogP contribution in [0.15, 0.2) is 30.3 Å². The third kappa shape index (κ3) is 5.66. The van der Waals surface area contributed by atoms with Crippen LogP contribution in [0.5, 0.6) is 0 Å². The standard InChI is InChI=1S/C20H29NO3/c1-20(2,3)24-18(22)13-16-10-11-17(12-16)19(23)21(4)14-15-8-6-5-7-9-15/h5-9,16-17H,10-14H2,1-4H3. The molecule has 0 radical (unpaired) electrons. The number of esters is 1. The molecule has 2 rings (SSSR count). The minimum atomic E-state index is -0.444. The van der Waals surface area contributed by atoms with Crippen LogP contribution in [-0.4, -0.2) is 29.4 Å². The van der Waals surface area contributed by atoms with Gasteiger partial charge in [-0.2, -0.15) is 0 Å². The molecular formula is C20H29NO3. The molecule has 1 aliphatic carbocycles. The summed E-state index contributed by atoms with van der Waals surface area (Å²) in [5.41, 5.74) is 0.692. The predicted octanol–water partition coefficient (Wildman–Crippen LogP) is 3.79. The highest BCUT2D eigenvalue weighted by molar-refractivity contribution is 5.79. The molecule has 2 atom stereocenters. The van der Waals surface area contributed by atoms with Crippen molar-refractivity contribution in [1.29, 1.82) is 0 Å². The van der Waals surface area contributed by atoms with E-state index in [1.165, 1.54) is 0 Å². The van der Waals surface area contributed by atoms with E-state index in [9.17, 15) is 9.59 Å². The van der Waals surface area contributed by atoms with Crippen molar-refractivity contribution in [3.8, 4) is 0 Å². The van der Waals surface area contributed by atoms with Crippen LogP contribution in [0.3, 0.4) is 0 Å². The van der Waals surface area contributed by atoms with E-state index in [4.69, 9.17) is 4.74 Å². The monoisotopic (exact) mass is 331 g/mol. The number of carbonyl (C=O) groups is 2. The van der Waals surface area contributed by atoms with E-state index in [1.807, 2.05) is 58.2 Å². The normalized spacial score (nSPS) is 20.7. The second kappa shape index (κ2) is 7.82. The van der Waals surface area contributed by atoms with Crippen LogP contribution >= 0.6 is 0 Å². The molecule has 0 aliphatic heterocycles. The van der Waals surface area contributed by atoms with Crippen molar-refractivity contribution in [2.75, 3.05) is 7.05 Å². The van der Waals surface area contributed by atoms with Crippen molar-refractivity contribution in [1.82, 2.24) is 4.90 Å². The molecule has 0 bridgehead atoms. The number of hydrogen-bond acceptors (Lipinski definition) is 3. The van der Waals surface area contributed by atoms with Gasteiger partial charge in [0.25, 0.3) is 0 Å². The molecular weight excluding hydrogens is 302 g/mol. The van der Waals surface area contributed by atoms with Crippen LogP contribution in [0.2, 0.25) is 0 Å². The van der Waals surface area contributed by atoms with Gasteiger partial charge in [-0.3, -0.25) is 9.59 Å². The first-order chi connectivity index (χ1) is 11.2. The van der Waals surface area contributed by atoms with Gasteiger partial charge in [0.2, 0.25) is 5.91 Å². The highest BCUT2D eigenvalue weighted by atomic mass is 16.6. The van der Waals surface area contributed by atoms with Gasteiger partial charge in [-0.15, -0.1) is 0 Å². The Labute approximate surface area is 145 Å². The lowest BCUT2D eigenvalue weighted by molar-refractivity contribution is -0.156. The summed E-state index contributed by atoms with van der Waals surface area (Å²) in [5.74, 6) is 0.328. The number of amides is 1. The van der Waals surface area contributed by atoms with Gasteiger partial charge in [-0.1, -0.05) is 30.3 Å². The van der Waals surface area contributed by atoms with Gasteiger partial charge >= 0.3 is 5.97 Å². The van der Waals surface area contributed by atoms with Gasteiger partial charge in [0, 0.05) is 25.9 Å². The maximum Gasteiger partial charge on any atom is 0.306 e. The number of nitrogens with zero attached hydrogens (tertiary/aromatic N) is 1. The Kier molecular flexibility index (Phi) is 6.03. The number of rotatable bonds is 5. The largest absolute Gasteiger partial charge is 0.460 e. The average Bonchev–Trinajstić information content (AvgIpc) is 2.93. The van der Waals surface area contributed by atoms with Crippen molar-refractivity contribution < 1.29 is 14.3 Å². The van der Waals surface area contributed by atoms with E-state index in [0.29, 0.717) is 13.0 Å². The number of benzene rings is 1. The first kappa shape index (κ1) is 18.5. The maximum absolute atomic E-state index is 12.6. The SMILES string of the molecule is CN(Cc1ccccc1)C(=O)C1CCC(CC(=O)OC(C)(C)C)C1. The first-order valence-electron chi connectivity index (χ1n) is 8.75. The van der Waals surface area contributed by atoms with Gasteiger partial charge in [-0.25, -0.2) is 0 Å². The topological polar surface area (TPSA) is 46.6 Å². The molecule has 1 aliphatic rings. The molecule has 0 saturated heterocycles. The van der Waals surface area contributed by atoms with Crippen LogP contribution in [0.1, 0.15) is 52.0 Å². The third-order valence-electron chi connectivity index (χ3n) is 4.40. The van der Waals surface area contributed by atoms with Crippen LogP contribution in [0.25, 0.3) is 0 Å². The molecule has 2 unspecified atom stereocenters. The highest BCUT2D eigenvalue weighted by Crippen LogP contribution is 2.34. The zero-order valence-corrected chi connectivity index (χ0v) is 15.2. The summed E-state index contributed by atoms with van der Waals surface area (Å²) in [5, 5.41) is 0. The molecule has 132 valence electrons. The van der Waals surface area contributed by atoms with Crippen molar-refractivity contribution in [3.05, 3.63) is 35.9 Å². The Morgan fingerprint density at radius 3 is 2.46 bits per heavy atom. The Bertz CT molecular complexity index is 562. The zero-order valence-electron chi connectivity index (χ0n) is 15.2.